The summed E-state index contributed by atoms with van der Waals surface area (Å²) < 4.78 is 25.2. The molecule has 2 aromatic rings. The van der Waals surface area contributed by atoms with Crippen LogP contribution in [-0.2, 0) is 9.84 Å². The quantitative estimate of drug-likeness (QED) is 0.807. The van der Waals surface area contributed by atoms with Crippen molar-refractivity contribution in [2.24, 2.45) is 0 Å². The van der Waals surface area contributed by atoms with E-state index in [2.05, 4.69) is 0 Å². The summed E-state index contributed by atoms with van der Waals surface area (Å²) in [6.07, 6.45) is 0. The first-order valence-electron chi connectivity index (χ1n) is 6.43. The highest BCUT2D eigenvalue weighted by atomic mass is 35.5. The van der Waals surface area contributed by atoms with Crippen molar-refractivity contribution in [3.8, 4) is 0 Å². The van der Waals surface area contributed by atoms with E-state index in [1.807, 2.05) is 0 Å². The molecule has 0 radical (unpaired) electrons. The van der Waals surface area contributed by atoms with Crippen LogP contribution in [0.2, 0.25) is 5.02 Å². The summed E-state index contributed by atoms with van der Waals surface area (Å²) in [6.45, 7) is 3.13. The van der Waals surface area contributed by atoms with Crippen LogP contribution in [0.4, 0.5) is 0 Å². The summed E-state index contributed by atoms with van der Waals surface area (Å²) in [5.41, 5.74) is 0.970. The first-order valence-corrected chi connectivity index (χ1v) is 8.36. The maximum absolute atomic E-state index is 12.6. The fourth-order valence-corrected chi connectivity index (χ4v) is 3.77. The highest BCUT2D eigenvalue weighted by molar-refractivity contribution is 7.92. The minimum atomic E-state index is -3.71. The summed E-state index contributed by atoms with van der Waals surface area (Å²) in [4.78, 5) is 12.6. The molecular weight excluding hydrogens is 308 g/mol. The van der Waals surface area contributed by atoms with Crippen LogP contribution in [0, 0.1) is 6.92 Å². The lowest BCUT2D eigenvalue weighted by molar-refractivity contribution is 0.0991. The smallest absolute Gasteiger partial charge is 0.188 e. The average molecular weight is 323 g/mol. The number of Topliss-reactive ketones (excluding diaryl/α,β-unsaturated/α-hetero) is 1. The molecular formula is C16H15ClO3S. The molecule has 0 saturated carbocycles. The highest BCUT2D eigenvalue weighted by Gasteiger charge is 2.31. The van der Waals surface area contributed by atoms with Gasteiger partial charge in [0.25, 0.3) is 0 Å². The van der Waals surface area contributed by atoms with Gasteiger partial charge in [0.1, 0.15) is 5.25 Å². The van der Waals surface area contributed by atoms with E-state index in [1.54, 1.807) is 37.3 Å². The van der Waals surface area contributed by atoms with Gasteiger partial charge in [-0.2, -0.15) is 0 Å². The maximum atomic E-state index is 12.6. The molecule has 1 atom stereocenters. The van der Waals surface area contributed by atoms with Crippen molar-refractivity contribution in [3.63, 3.8) is 0 Å². The molecule has 0 aliphatic carbocycles. The molecule has 2 aromatic carbocycles. The topological polar surface area (TPSA) is 51.2 Å². The van der Waals surface area contributed by atoms with Crippen molar-refractivity contribution in [2.75, 3.05) is 0 Å². The Balaban J connectivity index is 2.39. The van der Waals surface area contributed by atoms with Crippen molar-refractivity contribution in [1.82, 2.24) is 0 Å². The fraction of sp³-hybridized carbons (Fsp3) is 0.188. The lowest BCUT2D eigenvalue weighted by Crippen LogP contribution is -2.28. The molecule has 110 valence electrons. The third kappa shape index (κ3) is 3.17. The second kappa shape index (κ2) is 6.00. The van der Waals surface area contributed by atoms with E-state index in [1.165, 1.54) is 25.1 Å². The molecule has 0 heterocycles. The average Bonchev–Trinajstić information content (AvgIpc) is 2.46. The number of halogens is 1. The summed E-state index contributed by atoms with van der Waals surface area (Å²) >= 11 is 5.77. The standard InChI is InChI=1S/C16H15ClO3S/c1-11-5-3-4-6-15(11)21(19,20)12(2)16(18)13-7-9-14(17)10-8-13/h3-10,12H,1-2H3. The number of carbonyl (C=O) groups excluding carboxylic acids is 1. The van der Waals surface area contributed by atoms with Crippen LogP contribution in [0.15, 0.2) is 53.4 Å². The molecule has 1 unspecified atom stereocenters. The fourth-order valence-electron chi connectivity index (χ4n) is 2.06. The van der Waals surface area contributed by atoms with Crippen molar-refractivity contribution >= 4 is 27.2 Å². The number of aryl methyl sites for hydroxylation is 1. The van der Waals surface area contributed by atoms with Crippen LogP contribution in [0.1, 0.15) is 22.8 Å². The first-order chi connectivity index (χ1) is 9.84. The molecule has 0 aliphatic heterocycles. The Hall–Kier alpha value is -1.65. The SMILES string of the molecule is Cc1ccccc1S(=O)(=O)C(C)C(=O)c1ccc(Cl)cc1. The molecule has 0 saturated heterocycles. The number of rotatable bonds is 4. The van der Waals surface area contributed by atoms with Gasteiger partial charge in [-0.1, -0.05) is 29.8 Å². The van der Waals surface area contributed by atoms with Gasteiger partial charge in [-0.3, -0.25) is 4.79 Å². The molecule has 0 N–H and O–H groups in total. The Bertz CT molecular complexity index is 764. The van der Waals surface area contributed by atoms with Crippen LogP contribution in [0.25, 0.3) is 0 Å². The van der Waals surface area contributed by atoms with Gasteiger partial charge in [-0.25, -0.2) is 8.42 Å². The summed E-state index contributed by atoms with van der Waals surface area (Å²) in [6, 6.07) is 12.9. The van der Waals surface area contributed by atoms with E-state index < -0.39 is 20.9 Å². The minimum absolute atomic E-state index is 0.194. The number of carbonyl (C=O) groups is 1. The molecule has 0 bridgehead atoms. The molecule has 5 heteroatoms. The zero-order valence-corrected chi connectivity index (χ0v) is 13.3. The van der Waals surface area contributed by atoms with Gasteiger partial charge in [0.15, 0.2) is 15.6 Å². The highest BCUT2D eigenvalue weighted by Crippen LogP contribution is 2.22. The number of benzene rings is 2. The van der Waals surface area contributed by atoms with Gasteiger partial charge in [0.2, 0.25) is 0 Å². The third-order valence-corrected chi connectivity index (χ3v) is 5.83. The Morgan fingerprint density at radius 3 is 2.19 bits per heavy atom. The zero-order valence-electron chi connectivity index (χ0n) is 11.7. The molecule has 3 nitrogen and oxygen atoms in total. The molecule has 21 heavy (non-hydrogen) atoms. The van der Waals surface area contributed by atoms with Crippen LogP contribution < -0.4 is 0 Å². The van der Waals surface area contributed by atoms with Crippen molar-refractivity contribution < 1.29 is 13.2 Å². The number of hydrogen-bond acceptors (Lipinski definition) is 3. The van der Waals surface area contributed by atoms with Crippen LogP contribution in [-0.4, -0.2) is 19.5 Å². The van der Waals surface area contributed by atoms with E-state index in [0.717, 1.165) is 0 Å². The zero-order chi connectivity index (χ0) is 15.6. The number of ketones is 1. The largest absolute Gasteiger partial charge is 0.293 e. The predicted octanol–water partition coefficient (Wildman–Crippen LogP) is 3.69. The van der Waals surface area contributed by atoms with Crippen molar-refractivity contribution in [2.45, 2.75) is 24.0 Å². The summed E-state index contributed by atoms with van der Waals surface area (Å²) in [5.74, 6) is -0.435. The van der Waals surface area contributed by atoms with Gasteiger partial charge in [0, 0.05) is 10.6 Å². The second-order valence-corrected chi connectivity index (χ2v) is 7.50. The Morgan fingerprint density at radius 2 is 1.62 bits per heavy atom. The van der Waals surface area contributed by atoms with Gasteiger partial charge in [-0.15, -0.1) is 0 Å². The van der Waals surface area contributed by atoms with Crippen molar-refractivity contribution in [3.05, 3.63) is 64.7 Å². The molecule has 0 spiro atoms. The van der Waals surface area contributed by atoms with Gasteiger partial charge >= 0.3 is 0 Å². The van der Waals surface area contributed by atoms with Crippen LogP contribution in [0.5, 0.6) is 0 Å². The third-order valence-electron chi connectivity index (χ3n) is 3.36. The summed E-state index contributed by atoms with van der Waals surface area (Å²) in [5, 5.41) is -0.638. The second-order valence-electron chi connectivity index (χ2n) is 4.82. The normalized spacial score (nSPS) is 12.9. The maximum Gasteiger partial charge on any atom is 0.188 e. The Morgan fingerprint density at radius 1 is 1.05 bits per heavy atom. The first kappa shape index (κ1) is 15.7. The van der Waals surface area contributed by atoms with E-state index in [0.29, 0.717) is 16.1 Å². The van der Waals surface area contributed by atoms with Crippen LogP contribution >= 0.6 is 11.6 Å². The molecule has 0 aromatic heterocycles. The molecule has 0 aliphatic rings. The van der Waals surface area contributed by atoms with Gasteiger partial charge in [-0.05, 0) is 49.7 Å². The van der Waals surface area contributed by atoms with Gasteiger partial charge in [0.05, 0.1) is 4.90 Å². The monoisotopic (exact) mass is 322 g/mol. The molecule has 0 fully saturated rings. The number of hydrogen-bond donors (Lipinski definition) is 0. The minimum Gasteiger partial charge on any atom is -0.293 e. The van der Waals surface area contributed by atoms with E-state index >= 15 is 0 Å². The van der Waals surface area contributed by atoms with Crippen LogP contribution in [0.3, 0.4) is 0 Å². The van der Waals surface area contributed by atoms with Crippen molar-refractivity contribution in [1.29, 1.82) is 0 Å². The molecule has 2 rings (SSSR count). The Labute approximate surface area is 129 Å². The Kier molecular flexibility index (Phi) is 4.49. The van der Waals surface area contributed by atoms with Gasteiger partial charge < -0.3 is 0 Å². The van der Waals surface area contributed by atoms with E-state index in [9.17, 15) is 13.2 Å². The molecule has 0 amide bonds. The number of sulfone groups is 1. The lowest BCUT2D eigenvalue weighted by atomic mass is 10.1. The summed E-state index contributed by atoms with van der Waals surface area (Å²) in [7, 11) is -3.71. The lowest BCUT2D eigenvalue weighted by Gasteiger charge is -2.14. The predicted molar refractivity (Wildman–Crippen MR) is 83.6 cm³/mol. The van der Waals surface area contributed by atoms with E-state index in [4.69, 9.17) is 11.6 Å². The van der Waals surface area contributed by atoms with E-state index in [-0.39, 0.29) is 4.90 Å².